The summed E-state index contributed by atoms with van der Waals surface area (Å²) in [6.07, 6.45) is 1.64. The number of ether oxygens (including phenoxy) is 1. The first kappa shape index (κ1) is 18.7. The lowest BCUT2D eigenvalue weighted by Gasteiger charge is -2.28. The van der Waals surface area contributed by atoms with Crippen molar-refractivity contribution in [1.82, 2.24) is 0 Å². The summed E-state index contributed by atoms with van der Waals surface area (Å²) in [4.78, 5) is 14.9. The average molecular weight is 383 g/mol. The molecule has 1 amide bonds. The third-order valence-corrected chi connectivity index (χ3v) is 4.99. The van der Waals surface area contributed by atoms with E-state index in [4.69, 9.17) is 4.74 Å². The number of nitriles is 1. The fourth-order valence-corrected chi connectivity index (χ4v) is 3.46. The number of hydrogen-bond acceptors (Lipinski definition) is 4. The maximum absolute atomic E-state index is 12.6. The number of nitrogens with zero attached hydrogens (tertiary/aromatic N) is 2. The molecule has 1 heterocycles. The molecule has 0 aromatic heterocycles. The molecule has 1 saturated heterocycles. The van der Waals surface area contributed by atoms with Crippen LogP contribution in [0.2, 0.25) is 0 Å². The Balaban J connectivity index is 1.52. The first-order chi connectivity index (χ1) is 14.2. The molecule has 0 radical (unpaired) electrons. The second-order valence-corrected chi connectivity index (χ2v) is 6.84. The van der Waals surface area contributed by atoms with Crippen LogP contribution in [-0.4, -0.2) is 32.2 Å². The second kappa shape index (κ2) is 8.59. The largest absolute Gasteiger partial charge is 0.378 e. The topological polar surface area (TPSA) is 65.4 Å². The molecule has 3 aromatic rings. The van der Waals surface area contributed by atoms with Crippen LogP contribution in [0.15, 0.2) is 72.3 Å². The highest BCUT2D eigenvalue weighted by Gasteiger charge is 2.13. The maximum atomic E-state index is 12.6. The van der Waals surface area contributed by atoms with Crippen LogP contribution in [0.3, 0.4) is 0 Å². The quantitative estimate of drug-likeness (QED) is 0.541. The monoisotopic (exact) mass is 383 g/mol. The highest BCUT2D eigenvalue weighted by molar-refractivity contribution is 6.10. The van der Waals surface area contributed by atoms with Crippen molar-refractivity contribution >= 4 is 34.1 Å². The smallest absolute Gasteiger partial charge is 0.266 e. The number of nitrogens with one attached hydrogen (secondary N) is 1. The Morgan fingerprint density at radius 1 is 1.00 bits per heavy atom. The van der Waals surface area contributed by atoms with Gasteiger partial charge in [-0.05, 0) is 46.7 Å². The molecule has 0 spiro atoms. The zero-order chi connectivity index (χ0) is 20.1. The van der Waals surface area contributed by atoms with Gasteiger partial charge in [-0.25, -0.2) is 0 Å². The molecule has 144 valence electrons. The molecule has 1 aliphatic rings. The molecule has 0 unspecified atom stereocenters. The molecule has 1 N–H and O–H groups in total. The van der Waals surface area contributed by atoms with Crippen LogP contribution in [0.4, 0.5) is 11.4 Å². The zero-order valence-corrected chi connectivity index (χ0v) is 16.0. The minimum absolute atomic E-state index is 0.0682. The van der Waals surface area contributed by atoms with E-state index < -0.39 is 5.91 Å². The highest BCUT2D eigenvalue weighted by atomic mass is 16.5. The molecular weight excluding hydrogens is 362 g/mol. The van der Waals surface area contributed by atoms with Gasteiger partial charge in [-0.3, -0.25) is 4.79 Å². The normalized spacial score (nSPS) is 14.4. The summed E-state index contributed by atoms with van der Waals surface area (Å²) in [6, 6.07) is 23.4. The summed E-state index contributed by atoms with van der Waals surface area (Å²) in [5, 5.41) is 14.4. The first-order valence-electron chi connectivity index (χ1n) is 9.58. The average Bonchev–Trinajstić information content (AvgIpc) is 2.78. The van der Waals surface area contributed by atoms with Crippen LogP contribution in [0.5, 0.6) is 0 Å². The third kappa shape index (κ3) is 4.29. The van der Waals surface area contributed by atoms with Crippen molar-refractivity contribution in [3.8, 4) is 6.07 Å². The Bertz CT molecular complexity index is 1090. The number of morpholine rings is 1. The van der Waals surface area contributed by atoms with Crippen molar-refractivity contribution in [2.24, 2.45) is 0 Å². The second-order valence-electron chi connectivity index (χ2n) is 6.84. The van der Waals surface area contributed by atoms with Crippen LogP contribution in [0.25, 0.3) is 16.8 Å². The molecule has 0 aliphatic carbocycles. The van der Waals surface area contributed by atoms with E-state index >= 15 is 0 Å². The molecule has 3 aromatic carbocycles. The summed E-state index contributed by atoms with van der Waals surface area (Å²) in [5.74, 6) is -0.417. The summed E-state index contributed by atoms with van der Waals surface area (Å²) in [5.41, 5.74) is 2.67. The SMILES string of the molecule is N#CC(=Cc1cccc2ccccc12)C(=O)Nc1ccc(N2CCOCC2)cc1. The van der Waals surface area contributed by atoms with Gasteiger partial charge < -0.3 is 15.0 Å². The van der Waals surface area contributed by atoms with Crippen LogP contribution in [0.1, 0.15) is 5.56 Å². The van der Waals surface area contributed by atoms with Crippen molar-refractivity contribution < 1.29 is 9.53 Å². The van der Waals surface area contributed by atoms with Gasteiger partial charge in [0.2, 0.25) is 0 Å². The van der Waals surface area contributed by atoms with E-state index in [1.165, 1.54) is 0 Å². The standard InChI is InChI=1S/C24H21N3O2/c25-17-20(16-19-6-3-5-18-4-1-2-7-23(18)19)24(28)26-21-8-10-22(11-9-21)27-12-14-29-15-13-27/h1-11,16H,12-15H2,(H,26,28). The number of benzene rings is 3. The van der Waals surface area contributed by atoms with Crippen LogP contribution in [0, 0.1) is 11.3 Å². The highest BCUT2D eigenvalue weighted by Crippen LogP contribution is 2.22. The fourth-order valence-electron chi connectivity index (χ4n) is 3.46. The molecule has 5 heteroatoms. The van der Waals surface area contributed by atoms with Crippen LogP contribution < -0.4 is 10.2 Å². The molecule has 5 nitrogen and oxygen atoms in total. The minimum atomic E-state index is -0.417. The molecule has 0 atom stereocenters. The number of fused-ring (bicyclic) bond motifs is 1. The summed E-state index contributed by atoms with van der Waals surface area (Å²) >= 11 is 0. The Kier molecular flexibility index (Phi) is 5.55. The molecule has 29 heavy (non-hydrogen) atoms. The molecule has 0 bridgehead atoms. The maximum Gasteiger partial charge on any atom is 0.266 e. The van der Waals surface area contributed by atoms with Gasteiger partial charge in [0.1, 0.15) is 11.6 Å². The van der Waals surface area contributed by atoms with Gasteiger partial charge in [-0.1, -0.05) is 42.5 Å². The number of anilines is 2. The van der Waals surface area contributed by atoms with Crippen molar-refractivity contribution in [3.05, 3.63) is 77.9 Å². The Morgan fingerprint density at radius 3 is 2.48 bits per heavy atom. The van der Waals surface area contributed by atoms with Gasteiger partial charge in [0, 0.05) is 24.5 Å². The van der Waals surface area contributed by atoms with Gasteiger partial charge in [-0.2, -0.15) is 5.26 Å². The van der Waals surface area contributed by atoms with E-state index in [1.54, 1.807) is 6.08 Å². The number of rotatable bonds is 4. The van der Waals surface area contributed by atoms with E-state index in [0.29, 0.717) is 5.69 Å². The van der Waals surface area contributed by atoms with Crippen molar-refractivity contribution in [3.63, 3.8) is 0 Å². The van der Waals surface area contributed by atoms with E-state index in [2.05, 4.69) is 10.2 Å². The summed E-state index contributed by atoms with van der Waals surface area (Å²) in [7, 11) is 0. The van der Waals surface area contributed by atoms with E-state index in [9.17, 15) is 10.1 Å². The first-order valence-corrected chi connectivity index (χ1v) is 9.58. The fraction of sp³-hybridized carbons (Fsp3) is 0.167. The van der Waals surface area contributed by atoms with Crippen LogP contribution >= 0.6 is 0 Å². The van der Waals surface area contributed by atoms with Crippen molar-refractivity contribution in [1.29, 1.82) is 5.26 Å². The molecule has 1 fully saturated rings. The molecular formula is C24H21N3O2. The van der Waals surface area contributed by atoms with Gasteiger partial charge in [0.25, 0.3) is 5.91 Å². The third-order valence-electron chi connectivity index (χ3n) is 4.99. The van der Waals surface area contributed by atoms with Crippen molar-refractivity contribution in [2.45, 2.75) is 0 Å². The molecule has 0 saturated carbocycles. The van der Waals surface area contributed by atoms with Gasteiger partial charge in [-0.15, -0.1) is 0 Å². The Hall–Kier alpha value is -3.62. The lowest BCUT2D eigenvalue weighted by atomic mass is 10.0. The minimum Gasteiger partial charge on any atom is -0.378 e. The Labute approximate surface area is 169 Å². The number of carbonyl (C=O) groups excluding carboxylic acids is 1. The molecule has 4 rings (SSSR count). The predicted octanol–water partition coefficient (Wildman–Crippen LogP) is 4.22. The van der Waals surface area contributed by atoms with Gasteiger partial charge >= 0.3 is 0 Å². The van der Waals surface area contributed by atoms with E-state index in [0.717, 1.165) is 48.3 Å². The number of carbonyl (C=O) groups is 1. The summed E-state index contributed by atoms with van der Waals surface area (Å²) in [6.45, 7) is 3.17. The number of hydrogen-bond donors (Lipinski definition) is 1. The predicted molar refractivity (Wildman–Crippen MR) is 116 cm³/mol. The number of amides is 1. The van der Waals surface area contributed by atoms with Gasteiger partial charge in [0.05, 0.1) is 13.2 Å². The van der Waals surface area contributed by atoms with Crippen LogP contribution in [-0.2, 0) is 9.53 Å². The summed E-state index contributed by atoms with van der Waals surface area (Å²) < 4.78 is 5.38. The lowest BCUT2D eigenvalue weighted by Crippen LogP contribution is -2.36. The Morgan fingerprint density at radius 2 is 1.72 bits per heavy atom. The lowest BCUT2D eigenvalue weighted by molar-refractivity contribution is -0.112. The van der Waals surface area contributed by atoms with E-state index in [1.807, 2.05) is 72.8 Å². The molecule has 1 aliphatic heterocycles. The van der Waals surface area contributed by atoms with Crippen molar-refractivity contribution in [2.75, 3.05) is 36.5 Å². The zero-order valence-electron chi connectivity index (χ0n) is 16.0. The van der Waals surface area contributed by atoms with Gasteiger partial charge in [0.15, 0.2) is 0 Å². The van der Waals surface area contributed by atoms with E-state index in [-0.39, 0.29) is 5.57 Å².